The molecule has 1 N–H and O–H groups in total. The summed E-state index contributed by atoms with van der Waals surface area (Å²) in [6.45, 7) is 3.30. The lowest BCUT2D eigenvalue weighted by Gasteiger charge is -2.43. The fourth-order valence-corrected chi connectivity index (χ4v) is 2.92. The Balaban J connectivity index is 2.72. The predicted octanol–water partition coefficient (Wildman–Crippen LogP) is 1.31. The van der Waals surface area contributed by atoms with Crippen molar-refractivity contribution >= 4 is 5.90 Å². The van der Waals surface area contributed by atoms with Crippen LogP contribution in [0.25, 0.3) is 0 Å². The topological polar surface area (TPSA) is 114 Å². The Labute approximate surface area is 105 Å². The summed E-state index contributed by atoms with van der Waals surface area (Å²) in [6, 6.07) is 5.70. The van der Waals surface area contributed by atoms with Gasteiger partial charge in [-0.05, 0) is 0 Å². The van der Waals surface area contributed by atoms with Crippen molar-refractivity contribution in [2.45, 2.75) is 26.1 Å². The van der Waals surface area contributed by atoms with Crippen molar-refractivity contribution in [3.05, 3.63) is 0 Å². The van der Waals surface area contributed by atoms with Crippen LogP contribution in [0.5, 0.6) is 0 Å². The molecule has 0 aromatic rings. The average molecular weight is 244 g/mol. The van der Waals surface area contributed by atoms with E-state index < -0.39 is 22.5 Å². The molecule has 2 aliphatic rings. The van der Waals surface area contributed by atoms with E-state index in [9.17, 15) is 15.8 Å². The third-order valence-corrected chi connectivity index (χ3v) is 4.20. The molecule has 0 aromatic heterocycles. The molecular formula is C12H12N4O2. The maximum absolute atomic E-state index is 9.49. The normalized spacial score (nSPS) is 40.2. The smallest absolute Gasteiger partial charge is 0.216 e. The molecule has 0 aliphatic carbocycles. The first-order valence-corrected chi connectivity index (χ1v) is 5.64. The fourth-order valence-electron chi connectivity index (χ4n) is 2.92. The first kappa shape index (κ1) is 12.4. The zero-order chi connectivity index (χ0) is 13.6. The summed E-state index contributed by atoms with van der Waals surface area (Å²) in [5, 5.41) is 36.0. The number of ether oxygens (including phenoxy) is 2. The zero-order valence-corrected chi connectivity index (χ0v) is 10.1. The minimum Gasteiger partial charge on any atom is -0.447 e. The quantitative estimate of drug-likeness (QED) is 0.746. The van der Waals surface area contributed by atoms with Gasteiger partial charge >= 0.3 is 0 Å². The first-order chi connectivity index (χ1) is 8.48. The van der Waals surface area contributed by atoms with E-state index in [1.165, 1.54) is 0 Å². The Morgan fingerprint density at radius 3 is 2.39 bits per heavy atom. The highest BCUT2D eigenvalue weighted by Gasteiger charge is 2.75. The lowest BCUT2D eigenvalue weighted by atomic mass is 9.57. The Hall–Kier alpha value is -2.10. The molecule has 2 bridgehead atoms. The summed E-state index contributed by atoms with van der Waals surface area (Å²) in [5.74, 6) is -1.94. The monoisotopic (exact) mass is 244 g/mol. The SMILES string of the molecule is CC[C@]12OCC(C#N)(C#N)[C@@](C#N)(C(=N)O1)[C@H]2C. The number of fused-ring (bicyclic) bond motifs is 2. The number of nitrogens with zero attached hydrogens (tertiary/aromatic N) is 3. The zero-order valence-electron chi connectivity index (χ0n) is 10.1. The van der Waals surface area contributed by atoms with Crippen molar-refractivity contribution in [2.24, 2.45) is 16.7 Å². The highest BCUT2D eigenvalue weighted by molar-refractivity contribution is 5.88. The molecule has 2 aliphatic heterocycles. The van der Waals surface area contributed by atoms with Crippen molar-refractivity contribution in [3.63, 3.8) is 0 Å². The molecule has 2 saturated heterocycles. The van der Waals surface area contributed by atoms with Gasteiger partial charge in [0.05, 0.1) is 30.7 Å². The van der Waals surface area contributed by atoms with E-state index in [0.29, 0.717) is 6.42 Å². The third kappa shape index (κ3) is 0.967. The van der Waals surface area contributed by atoms with E-state index in [-0.39, 0.29) is 12.5 Å². The Morgan fingerprint density at radius 1 is 1.33 bits per heavy atom. The summed E-state index contributed by atoms with van der Waals surface area (Å²) < 4.78 is 11.0. The summed E-state index contributed by atoms with van der Waals surface area (Å²) in [6.07, 6.45) is 0.451. The molecule has 0 spiro atoms. The summed E-state index contributed by atoms with van der Waals surface area (Å²) in [5.41, 5.74) is -3.24. The lowest BCUT2D eigenvalue weighted by molar-refractivity contribution is -0.244. The molecule has 0 unspecified atom stereocenters. The van der Waals surface area contributed by atoms with Gasteiger partial charge in [-0.1, -0.05) is 13.8 Å². The van der Waals surface area contributed by atoms with Gasteiger partial charge in [0, 0.05) is 6.42 Å². The molecule has 2 heterocycles. The molecule has 0 radical (unpaired) electrons. The molecule has 3 atom stereocenters. The van der Waals surface area contributed by atoms with E-state index in [4.69, 9.17) is 14.9 Å². The maximum atomic E-state index is 9.49. The van der Waals surface area contributed by atoms with Crippen LogP contribution in [0.4, 0.5) is 0 Å². The van der Waals surface area contributed by atoms with Crippen molar-refractivity contribution in [1.29, 1.82) is 21.2 Å². The van der Waals surface area contributed by atoms with E-state index in [2.05, 4.69) is 0 Å². The second kappa shape index (κ2) is 3.45. The van der Waals surface area contributed by atoms with E-state index in [0.717, 1.165) is 0 Å². The van der Waals surface area contributed by atoms with Crippen LogP contribution in [0, 0.1) is 56.2 Å². The first-order valence-electron chi connectivity index (χ1n) is 5.64. The molecule has 0 saturated carbocycles. The third-order valence-electron chi connectivity index (χ3n) is 4.20. The predicted molar refractivity (Wildman–Crippen MR) is 58.7 cm³/mol. The maximum Gasteiger partial charge on any atom is 0.216 e. The van der Waals surface area contributed by atoms with Crippen LogP contribution in [0.3, 0.4) is 0 Å². The van der Waals surface area contributed by atoms with Crippen LogP contribution < -0.4 is 0 Å². The van der Waals surface area contributed by atoms with Crippen LogP contribution in [0.15, 0.2) is 0 Å². The summed E-state index contributed by atoms with van der Waals surface area (Å²) in [4.78, 5) is 0. The average Bonchev–Trinajstić information content (AvgIpc) is 2.55. The molecule has 2 rings (SSSR count). The second-order valence-electron chi connectivity index (χ2n) is 4.66. The van der Waals surface area contributed by atoms with Crippen LogP contribution in [-0.4, -0.2) is 18.3 Å². The van der Waals surface area contributed by atoms with E-state index in [1.807, 2.05) is 25.1 Å². The summed E-state index contributed by atoms with van der Waals surface area (Å²) >= 11 is 0. The molecular weight excluding hydrogens is 232 g/mol. The van der Waals surface area contributed by atoms with Gasteiger partial charge in [-0.15, -0.1) is 0 Å². The largest absolute Gasteiger partial charge is 0.447 e. The number of nitrogens with one attached hydrogen (secondary N) is 1. The molecule has 2 fully saturated rings. The minimum absolute atomic E-state index is 0.214. The fraction of sp³-hybridized carbons (Fsp3) is 0.667. The molecule has 0 amide bonds. The molecule has 92 valence electrons. The minimum atomic E-state index is -1.69. The van der Waals surface area contributed by atoms with Gasteiger partial charge in [0.2, 0.25) is 11.7 Å². The van der Waals surface area contributed by atoms with Gasteiger partial charge in [-0.2, -0.15) is 15.8 Å². The Kier molecular flexibility index (Phi) is 2.37. The van der Waals surface area contributed by atoms with Crippen LogP contribution in [-0.2, 0) is 9.47 Å². The molecule has 18 heavy (non-hydrogen) atoms. The van der Waals surface area contributed by atoms with Crippen LogP contribution >= 0.6 is 0 Å². The molecule has 0 aromatic carbocycles. The molecule has 6 nitrogen and oxygen atoms in total. The Bertz CT molecular complexity index is 524. The van der Waals surface area contributed by atoms with Gasteiger partial charge in [0.25, 0.3) is 0 Å². The highest BCUT2D eigenvalue weighted by atomic mass is 16.7. The van der Waals surface area contributed by atoms with Gasteiger partial charge in [-0.25, -0.2) is 0 Å². The van der Waals surface area contributed by atoms with Crippen molar-refractivity contribution in [2.75, 3.05) is 6.61 Å². The number of hydrogen-bond donors (Lipinski definition) is 1. The van der Waals surface area contributed by atoms with Gasteiger partial charge < -0.3 is 9.47 Å². The van der Waals surface area contributed by atoms with Crippen LogP contribution in [0.1, 0.15) is 20.3 Å². The summed E-state index contributed by atoms with van der Waals surface area (Å²) in [7, 11) is 0. The molecule has 6 heteroatoms. The Morgan fingerprint density at radius 2 is 1.94 bits per heavy atom. The second-order valence-corrected chi connectivity index (χ2v) is 4.66. The van der Waals surface area contributed by atoms with E-state index in [1.54, 1.807) is 6.92 Å². The number of hydrogen-bond acceptors (Lipinski definition) is 6. The van der Waals surface area contributed by atoms with E-state index >= 15 is 0 Å². The number of nitriles is 3. The van der Waals surface area contributed by atoms with Crippen molar-refractivity contribution in [3.8, 4) is 18.2 Å². The van der Waals surface area contributed by atoms with Crippen molar-refractivity contribution in [1.82, 2.24) is 0 Å². The van der Waals surface area contributed by atoms with Gasteiger partial charge in [-0.3, -0.25) is 5.41 Å². The van der Waals surface area contributed by atoms with Crippen LogP contribution in [0.2, 0.25) is 0 Å². The van der Waals surface area contributed by atoms with Crippen molar-refractivity contribution < 1.29 is 9.47 Å². The standard InChI is InChI=1S/C12H12N4O2/c1-3-12-8(2)11(6-15,9(16)18-12)10(4-13,5-14)7-17-12/h8,16H,3,7H2,1-2H3/t8-,11-,12+/m1/s1. The number of rotatable bonds is 1. The van der Waals surface area contributed by atoms with Gasteiger partial charge in [0.15, 0.2) is 10.8 Å². The lowest BCUT2D eigenvalue weighted by Crippen LogP contribution is -2.57. The highest BCUT2D eigenvalue weighted by Crippen LogP contribution is 2.60. The van der Waals surface area contributed by atoms with Gasteiger partial charge in [0.1, 0.15) is 0 Å².